The van der Waals surface area contributed by atoms with E-state index in [1.54, 1.807) is 0 Å². The molecule has 0 saturated heterocycles. The van der Waals surface area contributed by atoms with E-state index in [-0.39, 0.29) is 0 Å². The van der Waals surface area contributed by atoms with Crippen LogP contribution in [0.1, 0.15) is 22.3 Å². The molecule has 0 heterocycles. The minimum absolute atomic E-state index is 0.512. The van der Waals surface area contributed by atoms with E-state index in [9.17, 15) is 0 Å². The second kappa shape index (κ2) is 9.60. The van der Waals surface area contributed by atoms with Crippen molar-refractivity contribution in [3.8, 4) is 0 Å². The lowest BCUT2D eigenvalue weighted by atomic mass is 9.76. The molecule has 0 amide bonds. The normalized spacial score (nSPS) is 11.5. The molecular weight excluding hydrogens is 430 g/mol. The average Bonchev–Trinajstić information content (AvgIpc) is 2.83. The van der Waals surface area contributed by atoms with Gasteiger partial charge in [-0.05, 0) is 34.4 Å². The molecule has 4 aromatic rings. The third-order valence-electron chi connectivity index (χ3n) is 5.24. The van der Waals surface area contributed by atoms with Crippen LogP contribution in [0.2, 0.25) is 0 Å². The topological polar surface area (TPSA) is 12.0 Å². The maximum absolute atomic E-state index is 3.91. The van der Waals surface area contributed by atoms with Gasteiger partial charge in [0.05, 0.1) is 0 Å². The van der Waals surface area contributed by atoms with E-state index in [1.165, 1.54) is 22.3 Å². The average molecular weight is 454 g/mol. The van der Waals surface area contributed by atoms with Crippen LogP contribution in [0.5, 0.6) is 0 Å². The second-order valence-corrected chi connectivity index (χ2v) is 7.80. The number of alkyl halides is 1. The van der Waals surface area contributed by atoms with Crippen molar-refractivity contribution >= 4 is 27.7 Å². The molecule has 0 saturated carbocycles. The molecule has 1 N–H and O–H groups in total. The van der Waals surface area contributed by atoms with E-state index < -0.39 is 5.54 Å². The van der Waals surface area contributed by atoms with Crippen molar-refractivity contribution in [3.63, 3.8) is 0 Å². The number of benzene rings is 4. The van der Waals surface area contributed by atoms with Gasteiger partial charge in [0.2, 0.25) is 0 Å². The van der Waals surface area contributed by atoms with E-state index >= 15 is 0 Å². The highest BCUT2D eigenvalue weighted by Gasteiger charge is 2.36. The molecule has 0 spiro atoms. The minimum Gasteiger partial charge on any atom is -0.368 e. The Labute approximate surface area is 187 Å². The highest BCUT2D eigenvalue weighted by Crippen LogP contribution is 2.40. The molecule has 0 aromatic heterocycles. The van der Waals surface area contributed by atoms with Crippen molar-refractivity contribution in [3.05, 3.63) is 144 Å². The fourth-order valence-corrected chi connectivity index (χ4v) is 4.09. The van der Waals surface area contributed by atoms with E-state index in [1.807, 2.05) is 0 Å². The van der Waals surface area contributed by atoms with Crippen molar-refractivity contribution < 1.29 is 0 Å². The maximum atomic E-state index is 3.91. The van der Waals surface area contributed by atoms with Crippen LogP contribution in [-0.4, -0.2) is 5.33 Å². The lowest BCUT2D eigenvalue weighted by Gasteiger charge is -2.38. The lowest BCUT2D eigenvalue weighted by molar-refractivity contribution is 0.712. The summed E-state index contributed by atoms with van der Waals surface area (Å²) in [4.78, 5) is 0. The van der Waals surface area contributed by atoms with Crippen LogP contribution in [0.3, 0.4) is 0 Å². The first-order valence-corrected chi connectivity index (χ1v) is 11.2. The van der Waals surface area contributed by atoms with Gasteiger partial charge >= 0.3 is 0 Å². The van der Waals surface area contributed by atoms with Gasteiger partial charge in [-0.25, -0.2) is 0 Å². The van der Waals surface area contributed by atoms with Crippen LogP contribution in [0.25, 0.3) is 6.08 Å². The summed E-state index contributed by atoms with van der Waals surface area (Å²) < 4.78 is 0. The lowest BCUT2D eigenvalue weighted by Crippen LogP contribution is -2.38. The molecule has 4 rings (SSSR count). The van der Waals surface area contributed by atoms with Gasteiger partial charge in [0.15, 0.2) is 0 Å². The maximum Gasteiger partial charge on any atom is 0.114 e. The summed E-state index contributed by atoms with van der Waals surface area (Å²) in [6, 6.07) is 40.6. The first-order valence-electron chi connectivity index (χ1n) is 10.1. The number of halogens is 1. The van der Waals surface area contributed by atoms with E-state index in [0.29, 0.717) is 0 Å². The van der Waals surface area contributed by atoms with Gasteiger partial charge in [-0.1, -0.05) is 131 Å². The second-order valence-electron chi connectivity index (χ2n) is 7.16. The summed E-state index contributed by atoms with van der Waals surface area (Å²) in [5, 5.41) is 4.75. The van der Waals surface area contributed by atoms with Crippen molar-refractivity contribution in [2.75, 3.05) is 10.6 Å². The van der Waals surface area contributed by atoms with Gasteiger partial charge in [-0.3, -0.25) is 0 Å². The van der Waals surface area contributed by atoms with Gasteiger partial charge in [0, 0.05) is 11.0 Å². The van der Waals surface area contributed by atoms with Crippen LogP contribution >= 0.6 is 15.9 Å². The predicted octanol–water partition coefficient (Wildman–Crippen LogP) is 7.50. The molecule has 148 valence electrons. The number of anilines is 1. The zero-order valence-electron chi connectivity index (χ0n) is 16.7. The minimum atomic E-state index is -0.512. The van der Waals surface area contributed by atoms with Crippen molar-refractivity contribution in [1.29, 1.82) is 0 Å². The van der Waals surface area contributed by atoms with E-state index in [2.05, 4.69) is 149 Å². The molecule has 30 heavy (non-hydrogen) atoms. The highest BCUT2D eigenvalue weighted by molar-refractivity contribution is 9.09. The SMILES string of the molecule is BrCC=Cc1cccc(NC(c2ccccc2)(c2ccccc2)c2ccccc2)c1. The number of allylic oxidation sites excluding steroid dienone is 1. The number of nitrogens with one attached hydrogen (secondary N) is 1. The standard InChI is InChI=1S/C28H24BrN/c29-21-11-13-23-12-10-20-27(22-23)30-28(24-14-4-1-5-15-24,25-16-6-2-7-17-25)26-18-8-3-9-19-26/h1-20,22,30H,21H2. The quantitative estimate of drug-likeness (QED) is 0.225. The Kier molecular flexibility index (Phi) is 6.46. The summed E-state index contributed by atoms with van der Waals surface area (Å²) in [6.45, 7) is 0. The Balaban J connectivity index is 1.93. The summed E-state index contributed by atoms with van der Waals surface area (Å²) in [6.07, 6.45) is 4.24. The van der Waals surface area contributed by atoms with E-state index in [0.717, 1.165) is 11.0 Å². The molecule has 4 aromatic carbocycles. The first-order chi connectivity index (χ1) is 14.8. The smallest absolute Gasteiger partial charge is 0.114 e. The van der Waals surface area contributed by atoms with Gasteiger partial charge < -0.3 is 5.32 Å². The first kappa shape index (κ1) is 20.2. The van der Waals surface area contributed by atoms with E-state index in [4.69, 9.17) is 0 Å². The zero-order valence-corrected chi connectivity index (χ0v) is 18.3. The monoisotopic (exact) mass is 453 g/mol. The Bertz CT molecular complexity index is 992. The Morgan fingerprint density at radius 2 is 1.13 bits per heavy atom. The van der Waals surface area contributed by atoms with Crippen LogP contribution in [0.15, 0.2) is 121 Å². The van der Waals surface area contributed by atoms with Gasteiger partial charge in [-0.15, -0.1) is 0 Å². The molecule has 0 aliphatic heterocycles. The summed E-state index contributed by atoms with van der Waals surface area (Å²) in [5.41, 5.74) is 5.32. The summed E-state index contributed by atoms with van der Waals surface area (Å²) in [5.74, 6) is 0. The summed E-state index contributed by atoms with van der Waals surface area (Å²) in [7, 11) is 0. The molecule has 0 radical (unpaired) electrons. The largest absolute Gasteiger partial charge is 0.368 e. The van der Waals surface area contributed by atoms with Crippen LogP contribution < -0.4 is 5.32 Å². The van der Waals surface area contributed by atoms with Crippen molar-refractivity contribution in [1.82, 2.24) is 0 Å². The summed E-state index contributed by atoms with van der Waals surface area (Å²) >= 11 is 3.46. The van der Waals surface area contributed by atoms with Gasteiger partial charge in [-0.2, -0.15) is 0 Å². The third kappa shape index (κ3) is 4.24. The Morgan fingerprint density at radius 3 is 1.60 bits per heavy atom. The fraction of sp³-hybridized carbons (Fsp3) is 0.0714. The number of rotatable bonds is 7. The Hall–Kier alpha value is -3.10. The predicted molar refractivity (Wildman–Crippen MR) is 132 cm³/mol. The van der Waals surface area contributed by atoms with Crippen LogP contribution in [0, 0.1) is 0 Å². The molecule has 2 heteroatoms. The molecule has 0 aliphatic rings. The number of hydrogen-bond donors (Lipinski definition) is 1. The molecule has 0 aliphatic carbocycles. The van der Waals surface area contributed by atoms with Gasteiger partial charge in [0.25, 0.3) is 0 Å². The fourth-order valence-electron chi connectivity index (χ4n) is 3.90. The molecular formula is C28H24BrN. The number of hydrogen-bond acceptors (Lipinski definition) is 1. The highest BCUT2D eigenvalue weighted by atomic mass is 79.9. The Morgan fingerprint density at radius 1 is 0.633 bits per heavy atom. The van der Waals surface area contributed by atoms with Crippen molar-refractivity contribution in [2.45, 2.75) is 5.54 Å². The molecule has 0 bridgehead atoms. The zero-order chi connectivity index (χ0) is 20.7. The molecule has 0 atom stereocenters. The molecule has 1 nitrogen and oxygen atoms in total. The van der Waals surface area contributed by atoms with Gasteiger partial charge in [0.1, 0.15) is 5.54 Å². The van der Waals surface area contributed by atoms with Crippen molar-refractivity contribution in [2.24, 2.45) is 0 Å². The molecule has 0 fully saturated rings. The van der Waals surface area contributed by atoms with Crippen LogP contribution in [-0.2, 0) is 5.54 Å². The molecule has 0 unspecified atom stereocenters. The third-order valence-corrected chi connectivity index (χ3v) is 5.61. The van der Waals surface area contributed by atoms with Crippen LogP contribution in [0.4, 0.5) is 5.69 Å².